The predicted octanol–water partition coefficient (Wildman–Crippen LogP) is 1.36. The van der Waals surface area contributed by atoms with Gasteiger partial charge in [0.25, 0.3) is 5.91 Å². The first-order chi connectivity index (χ1) is 8.18. The second-order valence-corrected chi connectivity index (χ2v) is 4.58. The Morgan fingerprint density at radius 1 is 1.65 bits per heavy atom. The highest BCUT2D eigenvalue weighted by Gasteiger charge is 2.21. The van der Waals surface area contributed by atoms with Crippen molar-refractivity contribution >= 4 is 5.91 Å². The molecule has 1 atom stereocenters. The van der Waals surface area contributed by atoms with E-state index in [4.69, 9.17) is 4.74 Å². The van der Waals surface area contributed by atoms with Crippen molar-refractivity contribution in [3.63, 3.8) is 0 Å². The number of carbonyl (C=O) groups is 1. The number of carbonyl (C=O) groups excluding carboxylic acids is 1. The van der Waals surface area contributed by atoms with Crippen molar-refractivity contribution in [2.24, 2.45) is 0 Å². The molecule has 0 aliphatic carbocycles. The zero-order valence-electron chi connectivity index (χ0n) is 10.4. The van der Waals surface area contributed by atoms with Gasteiger partial charge in [-0.3, -0.25) is 9.89 Å². The van der Waals surface area contributed by atoms with E-state index in [0.29, 0.717) is 12.1 Å². The molecule has 1 fully saturated rings. The van der Waals surface area contributed by atoms with Gasteiger partial charge in [-0.15, -0.1) is 0 Å². The number of aromatic nitrogens is 2. The van der Waals surface area contributed by atoms with Gasteiger partial charge in [-0.2, -0.15) is 5.10 Å². The smallest absolute Gasteiger partial charge is 0.257 e. The van der Waals surface area contributed by atoms with Crippen LogP contribution in [0.4, 0.5) is 0 Å². The van der Waals surface area contributed by atoms with E-state index in [0.717, 1.165) is 25.1 Å². The molecule has 1 aliphatic heterocycles. The van der Waals surface area contributed by atoms with Crippen molar-refractivity contribution in [2.45, 2.75) is 32.3 Å². The Balaban J connectivity index is 1.93. The van der Waals surface area contributed by atoms with Crippen LogP contribution in [0, 0.1) is 6.92 Å². The highest BCUT2D eigenvalue weighted by molar-refractivity contribution is 5.94. The summed E-state index contributed by atoms with van der Waals surface area (Å²) in [6.45, 7) is 3.33. The zero-order valence-corrected chi connectivity index (χ0v) is 10.4. The van der Waals surface area contributed by atoms with Crippen molar-refractivity contribution < 1.29 is 9.53 Å². The number of hydrogen-bond donors (Lipinski definition) is 1. The molecule has 94 valence electrons. The maximum atomic E-state index is 12.1. The van der Waals surface area contributed by atoms with E-state index in [1.807, 2.05) is 14.0 Å². The maximum Gasteiger partial charge on any atom is 0.257 e. The highest BCUT2D eigenvalue weighted by atomic mass is 16.5. The molecule has 1 aromatic rings. The van der Waals surface area contributed by atoms with E-state index >= 15 is 0 Å². The van der Waals surface area contributed by atoms with Gasteiger partial charge in [-0.25, -0.2) is 0 Å². The largest absolute Gasteiger partial charge is 0.376 e. The molecular formula is C12H19N3O2. The molecule has 0 bridgehead atoms. The topological polar surface area (TPSA) is 58.2 Å². The van der Waals surface area contributed by atoms with E-state index in [-0.39, 0.29) is 12.0 Å². The van der Waals surface area contributed by atoms with Gasteiger partial charge in [0.15, 0.2) is 0 Å². The molecule has 0 saturated carbocycles. The summed E-state index contributed by atoms with van der Waals surface area (Å²) in [6, 6.07) is 0. The first-order valence-corrected chi connectivity index (χ1v) is 6.05. The summed E-state index contributed by atoms with van der Waals surface area (Å²) < 4.78 is 5.63. The molecule has 0 aromatic carbocycles. The molecular weight excluding hydrogens is 218 g/mol. The minimum absolute atomic E-state index is 0.00502. The summed E-state index contributed by atoms with van der Waals surface area (Å²) in [6.07, 6.45) is 5.13. The number of hydrogen-bond acceptors (Lipinski definition) is 3. The van der Waals surface area contributed by atoms with Crippen LogP contribution in [0.25, 0.3) is 0 Å². The Labute approximate surface area is 101 Å². The monoisotopic (exact) mass is 237 g/mol. The number of aromatic amines is 1. The summed E-state index contributed by atoms with van der Waals surface area (Å²) in [4.78, 5) is 13.8. The van der Waals surface area contributed by atoms with Crippen LogP contribution in [0.3, 0.4) is 0 Å². The second-order valence-electron chi connectivity index (χ2n) is 4.58. The van der Waals surface area contributed by atoms with Crippen LogP contribution >= 0.6 is 0 Å². The molecule has 0 spiro atoms. The number of aryl methyl sites for hydroxylation is 1. The van der Waals surface area contributed by atoms with Crippen LogP contribution in [0.2, 0.25) is 0 Å². The van der Waals surface area contributed by atoms with E-state index in [1.54, 1.807) is 11.1 Å². The third-order valence-electron chi connectivity index (χ3n) is 3.16. The Kier molecular flexibility index (Phi) is 3.78. The number of nitrogens with one attached hydrogen (secondary N) is 1. The molecule has 2 rings (SSSR count). The van der Waals surface area contributed by atoms with Crippen molar-refractivity contribution in [3.8, 4) is 0 Å². The molecule has 1 aliphatic rings. The average Bonchev–Trinajstić information content (AvgIpc) is 2.76. The lowest BCUT2D eigenvalue weighted by Gasteiger charge is -2.27. The maximum absolute atomic E-state index is 12.1. The molecule has 0 radical (unpaired) electrons. The summed E-state index contributed by atoms with van der Waals surface area (Å²) in [5.41, 5.74) is 1.45. The Morgan fingerprint density at radius 3 is 3.06 bits per heavy atom. The van der Waals surface area contributed by atoms with Crippen molar-refractivity contribution in [1.82, 2.24) is 15.1 Å². The molecule has 17 heavy (non-hydrogen) atoms. The van der Waals surface area contributed by atoms with Crippen LogP contribution in [0.1, 0.15) is 35.3 Å². The number of H-pyrrole nitrogens is 1. The van der Waals surface area contributed by atoms with E-state index < -0.39 is 0 Å². The Morgan fingerprint density at radius 2 is 2.47 bits per heavy atom. The molecule has 1 saturated heterocycles. The van der Waals surface area contributed by atoms with Gasteiger partial charge < -0.3 is 9.64 Å². The molecule has 1 amide bonds. The second kappa shape index (κ2) is 5.31. The Hall–Kier alpha value is -1.36. The number of amides is 1. The molecule has 1 unspecified atom stereocenters. The van der Waals surface area contributed by atoms with E-state index in [2.05, 4.69) is 10.2 Å². The van der Waals surface area contributed by atoms with Crippen LogP contribution < -0.4 is 0 Å². The fourth-order valence-corrected chi connectivity index (χ4v) is 2.11. The average molecular weight is 237 g/mol. The highest BCUT2D eigenvalue weighted by Crippen LogP contribution is 2.15. The van der Waals surface area contributed by atoms with Crippen LogP contribution in [0.15, 0.2) is 6.20 Å². The third-order valence-corrected chi connectivity index (χ3v) is 3.16. The molecule has 1 aromatic heterocycles. The van der Waals surface area contributed by atoms with E-state index in [9.17, 15) is 4.79 Å². The minimum Gasteiger partial charge on any atom is -0.376 e. The Bertz CT molecular complexity index is 383. The quantitative estimate of drug-likeness (QED) is 0.863. The van der Waals surface area contributed by atoms with Crippen LogP contribution in [-0.4, -0.2) is 47.3 Å². The number of rotatable bonds is 3. The standard InChI is InChI=1S/C12H19N3O2/c1-9-11(7-13-14-9)12(16)15(2)8-10-5-3-4-6-17-10/h7,10H,3-6,8H2,1-2H3,(H,13,14). The lowest BCUT2D eigenvalue weighted by atomic mass is 10.1. The van der Waals surface area contributed by atoms with E-state index in [1.165, 1.54) is 6.42 Å². The summed E-state index contributed by atoms with van der Waals surface area (Å²) in [7, 11) is 1.81. The van der Waals surface area contributed by atoms with Crippen molar-refractivity contribution in [3.05, 3.63) is 17.5 Å². The van der Waals surface area contributed by atoms with Crippen LogP contribution in [-0.2, 0) is 4.74 Å². The summed E-state index contributed by atoms with van der Waals surface area (Å²) >= 11 is 0. The summed E-state index contributed by atoms with van der Waals surface area (Å²) in [5.74, 6) is 0.00502. The number of nitrogens with zero attached hydrogens (tertiary/aromatic N) is 2. The van der Waals surface area contributed by atoms with Gasteiger partial charge in [0.1, 0.15) is 0 Å². The summed E-state index contributed by atoms with van der Waals surface area (Å²) in [5, 5.41) is 6.65. The number of ether oxygens (including phenoxy) is 1. The molecule has 5 heteroatoms. The third kappa shape index (κ3) is 2.85. The van der Waals surface area contributed by atoms with Crippen molar-refractivity contribution in [2.75, 3.05) is 20.2 Å². The van der Waals surface area contributed by atoms with Gasteiger partial charge in [0.05, 0.1) is 17.9 Å². The fraction of sp³-hybridized carbons (Fsp3) is 0.667. The molecule has 5 nitrogen and oxygen atoms in total. The normalized spacial score (nSPS) is 20.2. The van der Waals surface area contributed by atoms with Gasteiger partial charge in [0.2, 0.25) is 0 Å². The first-order valence-electron chi connectivity index (χ1n) is 6.05. The van der Waals surface area contributed by atoms with Gasteiger partial charge in [-0.05, 0) is 26.2 Å². The lowest BCUT2D eigenvalue weighted by molar-refractivity contribution is -0.000201. The first kappa shape index (κ1) is 12.1. The predicted molar refractivity (Wildman–Crippen MR) is 63.9 cm³/mol. The fourth-order valence-electron chi connectivity index (χ4n) is 2.11. The lowest BCUT2D eigenvalue weighted by Crippen LogP contribution is -2.37. The SMILES string of the molecule is Cc1[nH]ncc1C(=O)N(C)CC1CCCCO1. The van der Waals surface area contributed by atoms with Crippen molar-refractivity contribution in [1.29, 1.82) is 0 Å². The minimum atomic E-state index is 0.00502. The van der Waals surface area contributed by atoms with Gasteiger partial charge in [0, 0.05) is 25.9 Å². The van der Waals surface area contributed by atoms with Gasteiger partial charge >= 0.3 is 0 Å². The van der Waals surface area contributed by atoms with Gasteiger partial charge in [-0.1, -0.05) is 0 Å². The molecule has 2 heterocycles. The molecule has 1 N–H and O–H groups in total. The van der Waals surface area contributed by atoms with Crippen LogP contribution in [0.5, 0.6) is 0 Å². The zero-order chi connectivity index (χ0) is 12.3. The number of likely N-dealkylation sites (N-methyl/N-ethyl adjacent to an activating group) is 1.